The Hall–Kier alpha value is -1.31. The Bertz CT molecular complexity index is 587. The minimum Gasteiger partial charge on any atom is -0.379 e. The Labute approximate surface area is 134 Å². The van der Waals surface area contributed by atoms with Crippen LogP contribution in [0.2, 0.25) is 0 Å². The van der Waals surface area contributed by atoms with Crippen molar-refractivity contribution in [3.63, 3.8) is 0 Å². The fraction of sp³-hybridized carbons (Fsp3) is 0.667. The first-order chi connectivity index (χ1) is 10.9. The van der Waals surface area contributed by atoms with Crippen LogP contribution in [0.25, 0.3) is 0 Å². The van der Waals surface area contributed by atoms with Gasteiger partial charge in [-0.25, -0.2) is 4.68 Å². The monoisotopic (exact) mass is 319 g/mol. The van der Waals surface area contributed by atoms with E-state index in [0.29, 0.717) is 6.04 Å². The van der Waals surface area contributed by atoms with Crippen molar-refractivity contribution in [2.24, 2.45) is 0 Å². The molecule has 0 bridgehead atoms. The number of morpholine rings is 1. The van der Waals surface area contributed by atoms with Gasteiger partial charge in [0.2, 0.25) is 0 Å². The summed E-state index contributed by atoms with van der Waals surface area (Å²) in [6, 6.07) is 4.92. The molecule has 7 heteroatoms. The molecule has 0 radical (unpaired) electrons. The van der Waals surface area contributed by atoms with Crippen LogP contribution in [0.15, 0.2) is 17.5 Å². The maximum Gasteiger partial charge on any atom is 0.174 e. The van der Waals surface area contributed by atoms with E-state index in [1.165, 1.54) is 30.6 Å². The predicted octanol–water partition coefficient (Wildman–Crippen LogP) is 2.27. The molecule has 1 aliphatic heterocycles. The Balaban J connectivity index is 1.70. The zero-order valence-electron chi connectivity index (χ0n) is 12.6. The summed E-state index contributed by atoms with van der Waals surface area (Å²) in [7, 11) is 0. The predicted molar refractivity (Wildman–Crippen MR) is 83.9 cm³/mol. The molecule has 0 spiro atoms. The number of rotatable bonds is 4. The molecule has 2 fully saturated rings. The molecule has 3 heterocycles. The lowest BCUT2D eigenvalue weighted by atomic mass is 10.1. The Kier molecular flexibility index (Phi) is 4.18. The van der Waals surface area contributed by atoms with Crippen LogP contribution in [-0.2, 0) is 4.74 Å². The summed E-state index contributed by atoms with van der Waals surface area (Å²) in [6.07, 6.45) is 4.95. The van der Waals surface area contributed by atoms with E-state index < -0.39 is 0 Å². The van der Waals surface area contributed by atoms with Gasteiger partial charge in [0.05, 0.1) is 19.3 Å². The molecule has 118 valence electrons. The lowest BCUT2D eigenvalue weighted by molar-refractivity contribution is 0.0219. The summed E-state index contributed by atoms with van der Waals surface area (Å²) in [5, 5.41) is 14.9. The number of nitrogens with zero attached hydrogens (tertiary/aromatic N) is 5. The average molecular weight is 319 g/mol. The van der Waals surface area contributed by atoms with Crippen molar-refractivity contribution < 1.29 is 4.74 Å². The fourth-order valence-corrected chi connectivity index (χ4v) is 4.40. The first-order valence-electron chi connectivity index (χ1n) is 8.06. The van der Waals surface area contributed by atoms with Gasteiger partial charge in [-0.2, -0.15) is 0 Å². The van der Waals surface area contributed by atoms with E-state index in [2.05, 4.69) is 42.6 Å². The molecule has 2 aromatic heterocycles. The summed E-state index contributed by atoms with van der Waals surface area (Å²) in [4.78, 5) is 3.77. The van der Waals surface area contributed by atoms with Gasteiger partial charge in [-0.15, -0.1) is 16.4 Å². The standard InChI is InChI=1S/C15H21N5OS/c1-2-5-12(4-1)20-15(16-17-18-20)14(13-6-3-11-22-13)19-7-9-21-10-8-19/h3,6,11-12,14H,1-2,4-5,7-10H2/t14-/m1/s1. The number of hydrogen-bond donors (Lipinski definition) is 0. The third kappa shape index (κ3) is 2.68. The van der Waals surface area contributed by atoms with E-state index in [0.717, 1.165) is 32.1 Å². The molecular weight excluding hydrogens is 298 g/mol. The summed E-state index contributed by atoms with van der Waals surface area (Å²) in [6.45, 7) is 3.43. The minimum absolute atomic E-state index is 0.152. The maximum atomic E-state index is 5.52. The Morgan fingerprint density at radius 3 is 2.77 bits per heavy atom. The molecule has 1 aliphatic carbocycles. The van der Waals surface area contributed by atoms with Crippen LogP contribution in [0.5, 0.6) is 0 Å². The highest BCUT2D eigenvalue weighted by atomic mass is 32.1. The summed E-state index contributed by atoms with van der Waals surface area (Å²) < 4.78 is 7.61. The highest BCUT2D eigenvalue weighted by Crippen LogP contribution is 2.35. The van der Waals surface area contributed by atoms with Crippen molar-refractivity contribution in [3.8, 4) is 0 Å². The van der Waals surface area contributed by atoms with Crippen molar-refractivity contribution in [1.82, 2.24) is 25.1 Å². The van der Waals surface area contributed by atoms with Gasteiger partial charge in [0, 0.05) is 18.0 Å². The lowest BCUT2D eigenvalue weighted by Gasteiger charge is -2.33. The minimum atomic E-state index is 0.152. The smallest absolute Gasteiger partial charge is 0.174 e. The topological polar surface area (TPSA) is 56.1 Å². The third-order valence-corrected chi connectivity index (χ3v) is 5.58. The number of hydrogen-bond acceptors (Lipinski definition) is 6. The molecule has 0 amide bonds. The van der Waals surface area contributed by atoms with E-state index in [-0.39, 0.29) is 6.04 Å². The van der Waals surface area contributed by atoms with Gasteiger partial charge < -0.3 is 4.74 Å². The molecular formula is C15H21N5OS. The van der Waals surface area contributed by atoms with Crippen LogP contribution in [0.1, 0.15) is 48.5 Å². The highest BCUT2D eigenvalue weighted by Gasteiger charge is 2.32. The largest absolute Gasteiger partial charge is 0.379 e. The van der Waals surface area contributed by atoms with Crippen molar-refractivity contribution in [2.45, 2.75) is 37.8 Å². The van der Waals surface area contributed by atoms with Crippen molar-refractivity contribution >= 4 is 11.3 Å². The first kappa shape index (κ1) is 14.3. The van der Waals surface area contributed by atoms with Crippen LogP contribution in [0, 0.1) is 0 Å². The van der Waals surface area contributed by atoms with E-state index in [4.69, 9.17) is 4.74 Å². The number of aromatic nitrogens is 4. The molecule has 2 aromatic rings. The van der Waals surface area contributed by atoms with E-state index in [1.807, 2.05) is 0 Å². The lowest BCUT2D eigenvalue weighted by Crippen LogP contribution is -2.40. The van der Waals surface area contributed by atoms with Crippen LogP contribution in [0.4, 0.5) is 0 Å². The molecule has 6 nitrogen and oxygen atoms in total. The quantitative estimate of drug-likeness (QED) is 0.865. The number of thiophene rings is 1. The molecule has 22 heavy (non-hydrogen) atoms. The maximum absolute atomic E-state index is 5.52. The average Bonchev–Trinajstić information content (AvgIpc) is 3.31. The molecule has 1 saturated heterocycles. The number of tetrazole rings is 1. The van der Waals surface area contributed by atoms with Gasteiger partial charge in [0.25, 0.3) is 0 Å². The van der Waals surface area contributed by atoms with Gasteiger partial charge in [0.15, 0.2) is 5.82 Å². The van der Waals surface area contributed by atoms with Crippen LogP contribution in [-0.4, -0.2) is 51.4 Å². The molecule has 0 N–H and O–H groups in total. The van der Waals surface area contributed by atoms with E-state index >= 15 is 0 Å². The highest BCUT2D eigenvalue weighted by molar-refractivity contribution is 7.10. The van der Waals surface area contributed by atoms with E-state index in [1.54, 1.807) is 11.3 Å². The molecule has 4 rings (SSSR count). The van der Waals surface area contributed by atoms with Gasteiger partial charge >= 0.3 is 0 Å². The molecule has 1 saturated carbocycles. The van der Waals surface area contributed by atoms with Crippen molar-refractivity contribution in [2.75, 3.05) is 26.3 Å². The summed E-state index contributed by atoms with van der Waals surface area (Å²) in [5.41, 5.74) is 0. The van der Waals surface area contributed by atoms with Gasteiger partial charge in [-0.05, 0) is 34.7 Å². The van der Waals surface area contributed by atoms with Crippen LogP contribution in [0.3, 0.4) is 0 Å². The van der Waals surface area contributed by atoms with Crippen LogP contribution < -0.4 is 0 Å². The van der Waals surface area contributed by atoms with Crippen molar-refractivity contribution in [3.05, 3.63) is 28.2 Å². The SMILES string of the molecule is c1csc([C@H](c2nnnn2C2CCCC2)N2CCOCC2)c1. The zero-order valence-corrected chi connectivity index (χ0v) is 13.4. The van der Waals surface area contributed by atoms with Crippen LogP contribution >= 0.6 is 11.3 Å². The normalized spacial score (nSPS) is 22.2. The number of ether oxygens (including phenoxy) is 1. The van der Waals surface area contributed by atoms with E-state index in [9.17, 15) is 0 Å². The zero-order chi connectivity index (χ0) is 14.8. The summed E-state index contributed by atoms with van der Waals surface area (Å²) in [5.74, 6) is 0.997. The Morgan fingerprint density at radius 2 is 2.05 bits per heavy atom. The van der Waals surface area contributed by atoms with Gasteiger partial charge in [-0.1, -0.05) is 18.9 Å². The molecule has 0 unspecified atom stereocenters. The van der Waals surface area contributed by atoms with Crippen molar-refractivity contribution in [1.29, 1.82) is 0 Å². The molecule has 0 aromatic carbocycles. The first-order valence-corrected chi connectivity index (χ1v) is 8.94. The van der Waals surface area contributed by atoms with Gasteiger partial charge in [-0.3, -0.25) is 4.90 Å². The molecule has 2 aliphatic rings. The van der Waals surface area contributed by atoms with Gasteiger partial charge in [0.1, 0.15) is 6.04 Å². The second kappa shape index (κ2) is 6.44. The molecule has 1 atom stereocenters. The second-order valence-corrected chi connectivity index (χ2v) is 6.97. The Morgan fingerprint density at radius 1 is 1.23 bits per heavy atom. The summed E-state index contributed by atoms with van der Waals surface area (Å²) >= 11 is 1.78. The third-order valence-electron chi connectivity index (χ3n) is 4.66. The fourth-order valence-electron chi connectivity index (χ4n) is 3.54. The second-order valence-electron chi connectivity index (χ2n) is 5.99.